The number of hydrogen-bond acceptors (Lipinski definition) is 5. The maximum Gasteiger partial charge on any atom is 0.256 e. The first kappa shape index (κ1) is 22.6. The van der Waals surface area contributed by atoms with Gasteiger partial charge in [0.05, 0.1) is 16.8 Å². The van der Waals surface area contributed by atoms with Gasteiger partial charge in [0.2, 0.25) is 5.91 Å². The first-order valence-electron chi connectivity index (χ1n) is 11.8. The van der Waals surface area contributed by atoms with Crippen LogP contribution in [0.25, 0.3) is 31.9 Å². The third kappa shape index (κ3) is 4.21. The Morgan fingerprint density at radius 1 is 0.889 bits per heavy atom. The van der Waals surface area contributed by atoms with Crippen molar-refractivity contribution in [3.8, 4) is 21.7 Å². The van der Waals surface area contributed by atoms with Crippen LogP contribution in [0, 0.1) is 0 Å². The van der Waals surface area contributed by atoms with E-state index in [4.69, 9.17) is 4.98 Å². The van der Waals surface area contributed by atoms with Gasteiger partial charge in [-0.1, -0.05) is 54.6 Å². The number of nitrogens with zero attached hydrogens (tertiary/aromatic N) is 2. The lowest BCUT2D eigenvalue weighted by Gasteiger charge is -2.26. The van der Waals surface area contributed by atoms with Gasteiger partial charge in [0, 0.05) is 29.5 Å². The van der Waals surface area contributed by atoms with Crippen LogP contribution >= 0.6 is 22.7 Å². The highest BCUT2D eigenvalue weighted by Crippen LogP contribution is 2.45. The molecule has 1 aliphatic heterocycles. The molecule has 0 fully saturated rings. The van der Waals surface area contributed by atoms with E-state index in [2.05, 4.69) is 23.5 Å². The number of hydrogen-bond donors (Lipinski definition) is 1. The van der Waals surface area contributed by atoms with Gasteiger partial charge in [-0.3, -0.25) is 9.59 Å². The van der Waals surface area contributed by atoms with Crippen molar-refractivity contribution in [3.05, 3.63) is 94.9 Å². The smallest absolute Gasteiger partial charge is 0.256 e. The molecule has 0 unspecified atom stereocenters. The van der Waals surface area contributed by atoms with Crippen molar-refractivity contribution in [1.82, 2.24) is 9.88 Å². The van der Waals surface area contributed by atoms with Crippen LogP contribution in [0.2, 0.25) is 0 Å². The van der Waals surface area contributed by atoms with E-state index in [1.165, 1.54) is 5.56 Å². The lowest BCUT2D eigenvalue weighted by molar-refractivity contribution is -0.129. The predicted molar refractivity (Wildman–Crippen MR) is 148 cm³/mol. The minimum atomic E-state index is -0.154. The molecule has 3 aromatic carbocycles. The Labute approximate surface area is 217 Å². The van der Waals surface area contributed by atoms with E-state index in [1.54, 1.807) is 29.6 Å². The number of fused-ring (bicyclic) bond motifs is 2. The molecule has 6 rings (SSSR count). The summed E-state index contributed by atoms with van der Waals surface area (Å²) >= 11 is 3.19. The molecule has 2 amide bonds. The zero-order chi connectivity index (χ0) is 24.6. The number of benzene rings is 3. The van der Waals surface area contributed by atoms with Gasteiger partial charge in [0.1, 0.15) is 10.0 Å². The van der Waals surface area contributed by atoms with Crippen molar-refractivity contribution >= 4 is 49.7 Å². The average Bonchev–Trinajstić information content (AvgIpc) is 3.49. The topological polar surface area (TPSA) is 62.3 Å². The van der Waals surface area contributed by atoms with Crippen LogP contribution < -0.4 is 5.32 Å². The number of aromatic nitrogens is 1. The quantitative estimate of drug-likeness (QED) is 0.288. The molecule has 2 aromatic heterocycles. The first-order chi connectivity index (χ1) is 17.6. The molecule has 5 aromatic rings. The van der Waals surface area contributed by atoms with Gasteiger partial charge in [0.15, 0.2) is 0 Å². The molecule has 0 saturated carbocycles. The molecule has 5 nitrogen and oxygen atoms in total. The second kappa shape index (κ2) is 9.33. The number of carbonyl (C=O) groups excluding carboxylic acids is 2. The standard InChI is InChI=1S/C29H23N3O2S2/c1-18(33)32-16-15-22-25(17-32)36-29(26(22)28-30-23-9-5-6-10-24(23)35-28)31-27(34)21-13-11-20(12-14-21)19-7-3-2-4-8-19/h2-14H,15-17H2,1H3,(H,31,34). The van der Waals surface area contributed by atoms with Crippen LogP contribution in [0.4, 0.5) is 5.00 Å². The summed E-state index contributed by atoms with van der Waals surface area (Å²) in [5.74, 6) is -0.0846. The molecule has 0 spiro atoms. The van der Waals surface area contributed by atoms with E-state index in [0.29, 0.717) is 18.7 Å². The zero-order valence-corrected chi connectivity index (χ0v) is 21.3. The molecule has 178 valence electrons. The van der Waals surface area contributed by atoms with Crippen LogP contribution in [-0.4, -0.2) is 28.2 Å². The summed E-state index contributed by atoms with van der Waals surface area (Å²) in [5, 5.41) is 4.87. The molecule has 36 heavy (non-hydrogen) atoms. The predicted octanol–water partition coefficient (Wildman–Crippen LogP) is 6.85. The van der Waals surface area contributed by atoms with Gasteiger partial charge < -0.3 is 10.2 Å². The summed E-state index contributed by atoms with van der Waals surface area (Å²) in [5.41, 5.74) is 5.91. The maximum atomic E-state index is 13.3. The van der Waals surface area contributed by atoms with E-state index >= 15 is 0 Å². The third-order valence-corrected chi connectivity index (χ3v) is 8.68. The van der Waals surface area contributed by atoms with Crippen molar-refractivity contribution in [2.45, 2.75) is 19.9 Å². The lowest BCUT2D eigenvalue weighted by Crippen LogP contribution is -2.33. The van der Waals surface area contributed by atoms with E-state index in [9.17, 15) is 9.59 Å². The number of carbonyl (C=O) groups is 2. The number of thiazole rings is 1. The number of rotatable bonds is 4. The molecule has 0 bridgehead atoms. The summed E-state index contributed by atoms with van der Waals surface area (Å²) in [6, 6.07) is 25.9. The Morgan fingerprint density at radius 2 is 1.61 bits per heavy atom. The third-order valence-electron chi connectivity index (χ3n) is 6.49. The average molecular weight is 510 g/mol. The number of anilines is 1. The SMILES string of the molecule is CC(=O)N1CCc2c(sc(NC(=O)c3ccc(-c4ccccc4)cc3)c2-c2nc3ccccc3s2)C1. The number of thiophene rings is 1. The number of nitrogens with one attached hydrogen (secondary N) is 1. The summed E-state index contributed by atoms with van der Waals surface area (Å²) < 4.78 is 1.11. The van der Waals surface area contributed by atoms with Gasteiger partial charge >= 0.3 is 0 Å². The van der Waals surface area contributed by atoms with Gasteiger partial charge in [-0.2, -0.15) is 0 Å². The molecule has 0 atom stereocenters. The zero-order valence-electron chi connectivity index (χ0n) is 19.7. The monoisotopic (exact) mass is 509 g/mol. The van der Waals surface area contributed by atoms with E-state index in [1.807, 2.05) is 65.6 Å². The highest BCUT2D eigenvalue weighted by atomic mass is 32.1. The van der Waals surface area contributed by atoms with Gasteiger partial charge in [-0.25, -0.2) is 4.98 Å². The van der Waals surface area contributed by atoms with Crippen molar-refractivity contribution < 1.29 is 9.59 Å². The fourth-order valence-electron chi connectivity index (χ4n) is 4.59. The first-order valence-corrected chi connectivity index (χ1v) is 13.4. The molecule has 1 N–H and O–H groups in total. The van der Waals surface area contributed by atoms with Crippen molar-refractivity contribution in [2.75, 3.05) is 11.9 Å². The molecule has 3 heterocycles. The van der Waals surface area contributed by atoms with Crippen LogP contribution in [0.1, 0.15) is 27.7 Å². The van der Waals surface area contributed by atoms with Crippen molar-refractivity contribution in [3.63, 3.8) is 0 Å². The van der Waals surface area contributed by atoms with Gasteiger partial charge in [-0.15, -0.1) is 22.7 Å². The highest BCUT2D eigenvalue weighted by molar-refractivity contribution is 7.23. The fraction of sp³-hybridized carbons (Fsp3) is 0.138. The van der Waals surface area contributed by atoms with Crippen LogP contribution in [0.5, 0.6) is 0 Å². The van der Waals surface area contributed by atoms with Crippen LogP contribution in [-0.2, 0) is 17.8 Å². The van der Waals surface area contributed by atoms with Crippen LogP contribution in [0.15, 0.2) is 78.9 Å². The lowest BCUT2D eigenvalue weighted by atomic mass is 10.0. The Bertz CT molecular complexity index is 1550. The molecular formula is C29H23N3O2S2. The largest absolute Gasteiger partial charge is 0.337 e. The summed E-state index contributed by atoms with van der Waals surface area (Å²) in [6.07, 6.45) is 0.748. The number of para-hydroxylation sites is 1. The van der Waals surface area contributed by atoms with E-state index < -0.39 is 0 Å². The minimum absolute atomic E-state index is 0.0691. The van der Waals surface area contributed by atoms with E-state index in [0.717, 1.165) is 48.2 Å². The molecule has 0 aliphatic carbocycles. The second-order valence-electron chi connectivity index (χ2n) is 8.78. The Kier molecular flexibility index (Phi) is 5.87. The highest BCUT2D eigenvalue weighted by Gasteiger charge is 2.28. The Balaban J connectivity index is 1.35. The summed E-state index contributed by atoms with van der Waals surface area (Å²) in [4.78, 5) is 33.2. The summed E-state index contributed by atoms with van der Waals surface area (Å²) in [6.45, 7) is 2.84. The molecule has 7 heteroatoms. The Morgan fingerprint density at radius 3 is 2.36 bits per heavy atom. The normalized spacial score (nSPS) is 13.0. The number of amides is 2. The van der Waals surface area contributed by atoms with Gasteiger partial charge in [0.25, 0.3) is 5.91 Å². The molecule has 0 saturated heterocycles. The van der Waals surface area contributed by atoms with Gasteiger partial charge in [-0.05, 0) is 47.4 Å². The Hall–Kier alpha value is -3.81. The molecule has 0 radical (unpaired) electrons. The van der Waals surface area contributed by atoms with E-state index in [-0.39, 0.29) is 11.8 Å². The summed E-state index contributed by atoms with van der Waals surface area (Å²) in [7, 11) is 0. The van der Waals surface area contributed by atoms with Crippen LogP contribution in [0.3, 0.4) is 0 Å². The maximum absolute atomic E-state index is 13.3. The molecular weight excluding hydrogens is 486 g/mol. The fourth-order valence-corrected chi connectivity index (χ4v) is 6.95. The minimum Gasteiger partial charge on any atom is -0.337 e. The second-order valence-corrected chi connectivity index (χ2v) is 10.9. The van der Waals surface area contributed by atoms with Crippen molar-refractivity contribution in [2.24, 2.45) is 0 Å². The molecule has 1 aliphatic rings. The van der Waals surface area contributed by atoms with Crippen molar-refractivity contribution in [1.29, 1.82) is 0 Å².